The van der Waals surface area contributed by atoms with Crippen molar-refractivity contribution in [3.8, 4) is 0 Å². The number of rotatable bonds is 17. The number of nitrogens with one attached hydrogen (secondary N) is 3. The zero-order valence-corrected chi connectivity index (χ0v) is 34.1. The summed E-state index contributed by atoms with van der Waals surface area (Å²) in [7, 11) is 0. The zero-order chi connectivity index (χ0) is 40.5. The van der Waals surface area contributed by atoms with Crippen LogP contribution in [0.3, 0.4) is 0 Å². The lowest BCUT2D eigenvalue weighted by molar-refractivity contribution is -0.150. The molecule has 3 amide bonds. The van der Waals surface area contributed by atoms with Gasteiger partial charge < -0.3 is 20.7 Å². The van der Waals surface area contributed by atoms with Crippen molar-refractivity contribution in [3.05, 3.63) is 114 Å². The molecule has 0 unspecified atom stereocenters. The van der Waals surface area contributed by atoms with Gasteiger partial charge in [0.05, 0.1) is 6.61 Å². The number of hydrogen-bond donors (Lipinski definition) is 3. The van der Waals surface area contributed by atoms with Crippen LogP contribution >= 0.6 is 0 Å². The van der Waals surface area contributed by atoms with Gasteiger partial charge in [0.25, 0.3) is 5.91 Å². The molecule has 0 bridgehead atoms. The van der Waals surface area contributed by atoms with E-state index >= 15 is 0 Å². The monoisotopic (exact) mass is 781 g/mol. The minimum atomic E-state index is -0.519. The van der Waals surface area contributed by atoms with Crippen molar-refractivity contribution < 1.29 is 28.2 Å². The quantitative estimate of drug-likeness (QED) is 0.0725. The molecule has 2 saturated carbocycles. The fourth-order valence-electron chi connectivity index (χ4n) is 7.83. The lowest BCUT2D eigenvalue weighted by atomic mass is 9.88. The van der Waals surface area contributed by atoms with Gasteiger partial charge in [0, 0.05) is 34.2 Å². The van der Waals surface area contributed by atoms with E-state index in [9.17, 15) is 19.2 Å². The lowest BCUT2D eigenvalue weighted by Gasteiger charge is -2.28. The second-order valence-electron chi connectivity index (χ2n) is 16.3. The molecule has 0 spiro atoms. The molecule has 2 aliphatic carbocycles. The average Bonchev–Trinajstić information content (AvgIpc) is 3.99. The molecule has 310 valence electrons. The smallest absolute Gasteiger partial charge is 0.328 e. The minimum Gasteiger partial charge on any atom is -0.464 e. The fraction of sp³-hybridized carbons (Fsp3) is 0.479. The van der Waals surface area contributed by atoms with Crippen LogP contribution in [-0.2, 0) is 32.0 Å². The highest BCUT2D eigenvalue weighted by Gasteiger charge is 2.36. The number of aromatic nitrogens is 1. The Kier molecular flexibility index (Phi) is 16.7. The first-order chi connectivity index (χ1) is 27.7. The van der Waals surface area contributed by atoms with Crippen molar-refractivity contribution in [1.82, 2.24) is 20.9 Å². The molecular formula is C48H68N4O5. The summed E-state index contributed by atoms with van der Waals surface area (Å²) in [6.07, 6.45) is 16.1. The molecular weight excluding hydrogens is 713 g/mol. The Hall–Kier alpha value is -5.05. The van der Waals surface area contributed by atoms with Crippen molar-refractivity contribution >= 4 is 34.5 Å². The molecule has 6 rings (SSSR count). The lowest BCUT2D eigenvalue weighted by Crippen LogP contribution is -2.50. The maximum absolute atomic E-state index is 13.2. The predicted octanol–water partition coefficient (Wildman–Crippen LogP) is 9.28. The number of esters is 1. The van der Waals surface area contributed by atoms with Crippen LogP contribution < -0.4 is 16.0 Å². The molecule has 57 heavy (non-hydrogen) atoms. The second-order valence-corrected chi connectivity index (χ2v) is 16.3. The van der Waals surface area contributed by atoms with Crippen molar-refractivity contribution in [2.45, 2.75) is 116 Å². The van der Waals surface area contributed by atoms with E-state index in [1.165, 1.54) is 5.56 Å². The van der Waals surface area contributed by atoms with Crippen LogP contribution in [0.2, 0.25) is 0 Å². The van der Waals surface area contributed by atoms with Gasteiger partial charge >= 0.3 is 5.97 Å². The van der Waals surface area contributed by atoms with Gasteiger partial charge in [-0.25, -0.2) is 4.79 Å². The summed E-state index contributed by atoms with van der Waals surface area (Å²) >= 11 is 0. The molecule has 2 atom stereocenters. The summed E-state index contributed by atoms with van der Waals surface area (Å²) in [5.74, 6) is -0.195. The van der Waals surface area contributed by atoms with E-state index in [0.717, 1.165) is 99.8 Å². The van der Waals surface area contributed by atoms with E-state index in [0.29, 0.717) is 18.7 Å². The Bertz CT molecular complexity index is 1880. The first-order valence-corrected chi connectivity index (χ1v) is 21.1. The maximum atomic E-state index is 13.2. The van der Waals surface area contributed by atoms with Crippen LogP contribution in [-0.4, -0.2) is 53.9 Å². The highest BCUT2D eigenvalue weighted by atomic mass is 16.5. The minimum absolute atomic E-state index is 0. The van der Waals surface area contributed by atoms with Crippen LogP contribution in [0.25, 0.3) is 10.8 Å². The topological polar surface area (TPSA) is 126 Å². The van der Waals surface area contributed by atoms with Gasteiger partial charge in [-0.1, -0.05) is 119 Å². The van der Waals surface area contributed by atoms with Crippen molar-refractivity contribution in [1.29, 1.82) is 0 Å². The van der Waals surface area contributed by atoms with Crippen LogP contribution in [0.5, 0.6) is 0 Å². The summed E-state index contributed by atoms with van der Waals surface area (Å²) in [4.78, 5) is 55.5. The van der Waals surface area contributed by atoms with Crippen molar-refractivity contribution in [2.24, 2.45) is 17.3 Å². The molecule has 1 heterocycles. The van der Waals surface area contributed by atoms with Crippen LogP contribution in [0.15, 0.2) is 97.3 Å². The maximum Gasteiger partial charge on any atom is 0.328 e. The van der Waals surface area contributed by atoms with Crippen molar-refractivity contribution in [2.75, 3.05) is 13.2 Å². The molecule has 9 nitrogen and oxygen atoms in total. The Labute approximate surface area is 343 Å². The first-order valence-electron chi connectivity index (χ1n) is 21.1. The molecule has 9 heteroatoms. The highest BCUT2D eigenvalue weighted by Crippen LogP contribution is 2.30. The van der Waals surface area contributed by atoms with E-state index in [4.69, 9.17) is 4.74 Å². The molecule has 3 N–H and O–H groups in total. The number of ether oxygens (including phenoxy) is 1. The molecule has 2 fully saturated rings. The summed E-state index contributed by atoms with van der Waals surface area (Å²) in [5, 5.41) is 11.1. The summed E-state index contributed by atoms with van der Waals surface area (Å²) < 4.78 is 5.51. The second kappa shape index (κ2) is 22.0. The predicted molar refractivity (Wildman–Crippen MR) is 233 cm³/mol. The molecule has 0 aliphatic heterocycles. The van der Waals surface area contributed by atoms with E-state index in [2.05, 4.69) is 33.1 Å². The Balaban J connectivity index is 0.000000400. The van der Waals surface area contributed by atoms with Gasteiger partial charge in [0.1, 0.15) is 12.1 Å². The van der Waals surface area contributed by atoms with Crippen LogP contribution in [0.4, 0.5) is 0 Å². The molecule has 2 aliphatic rings. The van der Waals surface area contributed by atoms with E-state index in [1.54, 1.807) is 6.20 Å². The van der Waals surface area contributed by atoms with Gasteiger partial charge in [0.2, 0.25) is 11.8 Å². The van der Waals surface area contributed by atoms with Gasteiger partial charge in [-0.3, -0.25) is 19.4 Å². The van der Waals surface area contributed by atoms with Gasteiger partial charge in [-0.2, -0.15) is 0 Å². The molecule has 1 aromatic heterocycles. The fourth-order valence-corrected chi connectivity index (χ4v) is 7.83. The molecule has 0 saturated heterocycles. The van der Waals surface area contributed by atoms with Crippen molar-refractivity contribution in [3.63, 3.8) is 0 Å². The van der Waals surface area contributed by atoms with Crippen LogP contribution in [0, 0.1) is 17.3 Å². The normalized spacial score (nSPS) is 15.6. The number of aryl methyl sites for hydroxylation is 2. The Morgan fingerprint density at radius 1 is 0.754 bits per heavy atom. The SMILES string of the molecule is CCC(C)(C)C(=O)N[C@H](C(=O)OCCCc1cccnc1)C1CCCC1.O=C(N[C@H](C(=O)NCCCc1ccccc1)C1CCCC1)c1cccc2ccccc12.[HH].[HH].[HH]. The third kappa shape index (κ3) is 13.0. The number of nitrogens with zero attached hydrogens (tertiary/aromatic N) is 1. The van der Waals surface area contributed by atoms with E-state index < -0.39 is 17.5 Å². The number of benzene rings is 3. The number of carbonyl (C=O) groups excluding carboxylic acids is 4. The molecule has 4 aromatic rings. The molecule has 3 aromatic carbocycles. The summed E-state index contributed by atoms with van der Waals surface area (Å²) in [6.45, 7) is 6.78. The van der Waals surface area contributed by atoms with Gasteiger partial charge in [-0.15, -0.1) is 0 Å². The highest BCUT2D eigenvalue weighted by molar-refractivity contribution is 6.08. The van der Waals surface area contributed by atoms with E-state index in [1.807, 2.05) is 99.8 Å². The number of hydrogen-bond acceptors (Lipinski definition) is 6. The number of pyridine rings is 1. The third-order valence-corrected chi connectivity index (χ3v) is 11.7. The van der Waals surface area contributed by atoms with Gasteiger partial charge in [0.15, 0.2) is 0 Å². The van der Waals surface area contributed by atoms with Crippen LogP contribution in [0.1, 0.15) is 117 Å². The van der Waals surface area contributed by atoms with Gasteiger partial charge in [-0.05, 0) is 104 Å². The number of fused-ring (bicyclic) bond motifs is 1. The average molecular weight is 781 g/mol. The van der Waals surface area contributed by atoms with E-state index in [-0.39, 0.29) is 39.8 Å². The largest absolute Gasteiger partial charge is 0.464 e. The molecule has 0 radical (unpaired) electrons. The number of amides is 3. The Morgan fingerprint density at radius 3 is 2.07 bits per heavy atom. The third-order valence-electron chi connectivity index (χ3n) is 11.7. The number of carbonyl (C=O) groups is 4. The summed E-state index contributed by atoms with van der Waals surface area (Å²) in [6, 6.07) is 26.8. The standard InChI is InChI=1S/C27H30N2O2.C21H32N2O3.3H2/c30-26(24-18-8-16-21-13-6-7-17-23(21)24)29-25(22-14-4-5-15-22)27(31)28-19-9-12-20-10-2-1-3-11-20;1-4-21(2,3)20(25)23-18(17-11-5-6-12-17)19(24)26-14-8-10-16-9-7-13-22-15-16;;;/h1-3,6-8,10-11,13,16-18,22,25H,4-5,9,12,14-15,19H2,(H,28,31)(H,29,30);7,9,13,15,17-18H,4-6,8,10-12,14H2,1-3H3,(H,23,25);3*1H/t25-;18-;;;/m00.../s1. The Morgan fingerprint density at radius 2 is 1.39 bits per heavy atom. The summed E-state index contributed by atoms with van der Waals surface area (Å²) in [5.41, 5.74) is 2.55. The first kappa shape index (κ1) is 43.1. The zero-order valence-electron chi connectivity index (χ0n) is 34.1.